The summed E-state index contributed by atoms with van der Waals surface area (Å²) in [7, 11) is -4.72. The maximum atomic E-state index is 13.3. The van der Waals surface area contributed by atoms with E-state index in [1.54, 1.807) is 12.1 Å². The minimum Gasteiger partial charge on any atom is -0.402 e. The Balaban J connectivity index is 1.10. The number of rotatable bonds is 4. The molecular formula is C29H35BN2O5S. The largest absolute Gasteiger partial charge is 0.494 e. The third kappa shape index (κ3) is 3.61. The molecular weight excluding hydrogens is 499 g/mol. The summed E-state index contributed by atoms with van der Waals surface area (Å²) >= 11 is 0. The Morgan fingerprint density at radius 1 is 1.00 bits per heavy atom. The summed E-state index contributed by atoms with van der Waals surface area (Å²) in [6.07, 6.45) is 8.07. The minimum absolute atomic E-state index is 0.00256. The van der Waals surface area contributed by atoms with Gasteiger partial charge in [-0.15, -0.1) is 0 Å². The molecule has 2 amide bonds. The third-order valence-corrected chi connectivity index (χ3v) is 11.7. The van der Waals surface area contributed by atoms with E-state index in [0.29, 0.717) is 17.3 Å². The number of carbonyl (C=O) groups excluding carboxylic acids is 1. The molecule has 200 valence electrons. The summed E-state index contributed by atoms with van der Waals surface area (Å²) in [5.74, 6) is 1.05. The normalized spacial score (nSPS) is 30.3. The molecule has 7 nitrogen and oxygen atoms in total. The number of amides is 2. The SMILES string of the molecule is CC1(C)[C@@H]2CC3OB(c4cccc(S(=O)(=O)NC(=O)Nc5c6c(cc7c5CCC7)CCC6)c4)O[C@@]3(C)[C@H]1C2. The minimum atomic E-state index is -4.10. The van der Waals surface area contributed by atoms with Crippen LogP contribution in [0.2, 0.25) is 0 Å². The van der Waals surface area contributed by atoms with Gasteiger partial charge in [0.05, 0.1) is 16.6 Å². The second kappa shape index (κ2) is 8.32. The number of aryl methyl sites for hydroxylation is 2. The molecule has 1 saturated heterocycles. The van der Waals surface area contributed by atoms with Gasteiger partial charge in [0.2, 0.25) is 0 Å². The van der Waals surface area contributed by atoms with Crippen molar-refractivity contribution in [1.82, 2.24) is 4.72 Å². The van der Waals surface area contributed by atoms with Gasteiger partial charge < -0.3 is 14.6 Å². The van der Waals surface area contributed by atoms with E-state index in [4.69, 9.17) is 9.31 Å². The second-order valence-electron chi connectivity index (χ2n) is 12.7. The van der Waals surface area contributed by atoms with Crippen LogP contribution in [-0.2, 0) is 45.0 Å². The van der Waals surface area contributed by atoms with E-state index >= 15 is 0 Å². The molecule has 38 heavy (non-hydrogen) atoms. The average Bonchev–Trinajstić information content (AvgIpc) is 3.61. The smallest absolute Gasteiger partial charge is 0.402 e. The molecule has 0 spiro atoms. The Morgan fingerprint density at radius 2 is 1.71 bits per heavy atom. The van der Waals surface area contributed by atoms with Crippen LogP contribution in [0.25, 0.3) is 0 Å². The fraction of sp³-hybridized carbons (Fsp3) is 0.552. The molecule has 4 atom stereocenters. The van der Waals surface area contributed by atoms with Crippen molar-refractivity contribution >= 4 is 34.3 Å². The fourth-order valence-electron chi connectivity index (χ4n) is 8.12. The maximum Gasteiger partial charge on any atom is 0.494 e. The molecule has 9 heteroatoms. The van der Waals surface area contributed by atoms with E-state index < -0.39 is 23.2 Å². The third-order valence-electron chi connectivity index (χ3n) is 10.3. The molecule has 3 saturated carbocycles. The highest BCUT2D eigenvalue weighted by Gasteiger charge is 2.68. The molecule has 0 aromatic heterocycles. The quantitative estimate of drug-likeness (QED) is 0.576. The first kappa shape index (κ1) is 24.7. The molecule has 1 aliphatic heterocycles. The van der Waals surface area contributed by atoms with Gasteiger partial charge in [-0.1, -0.05) is 32.0 Å². The van der Waals surface area contributed by atoms with Crippen molar-refractivity contribution in [3.05, 3.63) is 52.6 Å². The highest BCUT2D eigenvalue weighted by molar-refractivity contribution is 7.90. The Kier molecular flexibility index (Phi) is 5.40. The number of benzene rings is 2. The van der Waals surface area contributed by atoms with E-state index in [1.807, 2.05) is 6.07 Å². The van der Waals surface area contributed by atoms with Gasteiger partial charge in [0.1, 0.15) is 0 Å². The van der Waals surface area contributed by atoms with Crippen LogP contribution in [0.15, 0.2) is 35.2 Å². The van der Waals surface area contributed by atoms with Crippen LogP contribution in [0, 0.1) is 17.3 Å². The van der Waals surface area contributed by atoms with E-state index in [1.165, 1.54) is 17.2 Å². The van der Waals surface area contributed by atoms with Crippen molar-refractivity contribution in [2.75, 3.05) is 5.32 Å². The van der Waals surface area contributed by atoms with Crippen molar-refractivity contribution in [3.8, 4) is 0 Å². The van der Waals surface area contributed by atoms with Gasteiger partial charge >= 0.3 is 13.1 Å². The van der Waals surface area contributed by atoms with Crippen molar-refractivity contribution in [1.29, 1.82) is 0 Å². The Hall–Kier alpha value is -2.36. The number of anilines is 1. The van der Waals surface area contributed by atoms with Crippen LogP contribution < -0.4 is 15.5 Å². The molecule has 2 aromatic carbocycles. The van der Waals surface area contributed by atoms with E-state index in [9.17, 15) is 13.2 Å². The predicted octanol–water partition coefficient (Wildman–Crippen LogP) is 4.11. The number of sulfonamides is 1. The molecule has 2 N–H and O–H groups in total. The number of urea groups is 1. The zero-order valence-electron chi connectivity index (χ0n) is 22.3. The summed E-state index contributed by atoms with van der Waals surface area (Å²) in [5.41, 5.74) is 6.19. The summed E-state index contributed by atoms with van der Waals surface area (Å²) in [4.78, 5) is 13.0. The van der Waals surface area contributed by atoms with Crippen molar-refractivity contribution in [3.63, 3.8) is 0 Å². The lowest BCUT2D eigenvalue weighted by atomic mass is 9.43. The fourth-order valence-corrected chi connectivity index (χ4v) is 9.09. The zero-order valence-corrected chi connectivity index (χ0v) is 23.1. The van der Waals surface area contributed by atoms with Crippen LogP contribution in [0.1, 0.15) is 68.7 Å². The van der Waals surface area contributed by atoms with Crippen molar-refractivity contribution in [2.45, 2.75) is 88.7 Å². The highest BCUT2D eigenvalue weighted by Crippen LogP contribution is 2.65. The summed E-state index contributed by atoms with van der Waals surface area (Å²) < 4.78 is 41.7. The standard InChI is InChI=1S/C29H35BN2O5S/c1-28(2)19-14-24(28)29(3)25(15-19)36-30(37-29)20-9-6-10-21(16-20)38(34,35)32-27(33)31-26-22-11-4-7-17(22)13-18-8-5-12-23(18)26/h6,9-10,13,16,19,24-25H,4-5,7-8,11-12,14-15H2,1-3H3,(H2,31,32,33)/t19-,24-,25?,29-/m0/s1. The molecule has 6 aliphatic rings. The van der Waals surface area contributed by atoms with Gasteiger partial charge in [-0.25, -0.2) is 17.9 Å². The van der Waals surface area contributed by atoms with Gasteiger partial charge in [0.15, 0.2) is 0 Å². The zero-order chi connectivity index (χ0) is 26.4. The maximum absolute atomic E-state index is 13.3. The molecule has 1 unspecified atom stereocenters. The number of carbonyl (C=O) groups is 1. The Morgan fingerprint density at radius 3 is 2.39 bits per heavy atom. The first-order valence-corrected chi connectivity index (χ1v) is 15.5. The van der Waals surface area contributed by atoms with Gasteiger partial charge in [-0.3, -0.25) is 0 Å². The summed E-state index contributed by atoms with van der Waals surface area (Å²) in [6, 6.07) is 8.13. The van der Waals surface area contributed by atoms with Crippen LogP contribution >= 0.6 is 0 Å². The first-order valence-electron chi connectivity index (χ1n) is 14.0. The van der Waals surface area contributed by atoms with E-state index in [0.717, 1.165) is 68.2 Å². The van der Waals surface area contributed by atoms with Gasteiger partial charge in [0, 0.05) is 5.69 Å². The number of hydrogen-bond donors (Lipinski definition) is 2. The van der Waals surface area contributed by atoms with Crippen LogP contribution in [0.4, 0.5) is 10.5 Å². The van der Waals surface area contributed by atoms with Crippen molar-refractivity contribution < 1.29 is 22.5 Å². The Labute approximate surface area is 225 Å². The number of nitrogens with one attached hydrogen (secondary N) is 2. The molecule has 1 heterocycles. The van der Waals surface area contributed by atoms with Gasteiger partial charge in [-0.2, -0.15) is 0 Å². The van der Waals surface area contributed by atoms with Gasteiger partial charge in [-0.05, 0) is 115 Å². The van der Waals surface area contributed by atoms with Crippen LogP contribution in [0.3, 0.4) is 0 Å². The van der Waals surface area contributed by atoms with Crippen LogP contribution in [0.5, 0.6) is 0 Å². The average molecular weight is 534 g/mol. The summed E-state index contributed by atoms with van der Waals surface area (Å²) in [6.45, 7) is 6.76. The lowest BCUT2D eigenvalue weighted by Gasteiger charge is -2.64. The van der Waals surface area contributed by atoms with Gasteiger partial charge in [0.25, 0.3) is 10.0 Å². The molecule has 4 fully saturated rings. The topological polar surface area (TPSA) is 93.7 Å². The molecule has 8 rings (SSSR count). The molecule has 5 aliphatic carbocycles. The summed E-state index contributed by atoms with van der Waals surface area (Å²) in [5, 5.41) is 2.92. The molecule has 2 bridgehead atoms. The highest BCUT2D eigenvalue weighted by atomic mass is 32.2. The molecule has 2 aromatic rings. The van der Waals surface area contributed by atoms with E-state index in [2.05, 4.69) is 36.9 Å². The second-order valence-corrected chi connectivity index (χ2v) is 14.3. The lowest BCUT2D eigenvalue weighted by molar-refractivity contribution is -0.199. The monoisotopic (exact) mass is 534 g/mol. The molecule has 0 radical (unpaired) electrons. The van der Waals surface area contributed by atoms with E-state index in [-0.39, 0.29) is 22.0 Å². The first-order chi connectivity index (χ1) is 18.1. The number of fused-ring (bicyclic) bond motifs is 2. The van der Waals surface area contributed by atoms with Crippen LogP contribution in [-0.4, -0.2) is 33.3 Å². The van der Waals surface area contributed by atoms with Crippen molar-refractivity contribution in [2.24, 2.45) is 17.3 Å². The lowest BCUT2D eigenvalue weighted by Crippen LogP contribution is -2.65. The Bertz CT molecular complexity index is 1420. The number of hydrogen-bond acceptors (Lipinski definition) is 5. The predicted molar refractivity (Wildman–Crippen MR) is 146 cm³/mol.